The van der Waals surface area contributed by atoms with Gasteiger partial charge in [-0.05, 0) is 65.9 Å². The van der Waals surface area contributed by atoms with Gasteiger partial charge in [-0.2, -0.15) is 0 Å². The number of methoxy groups -OCH3 is 2. The molecule has 1 N–H and O–H groups in total. The molecule has 0 bridgehead atoms. The van der Waals surface area contributed by atoms with Crippen molar-refractivity contribution in [3.05, 3.63) is 77.4 Å². The predicted octanol–water partition coefficient (Wildman–Crippen LogP) is 3.84. The average Bonchev–Trinajstić information content (AvgIpc) is 3.35. The van der Waals surface area contributed by atoms with E-state index in [1.807, 2.05) is 0 Å². The van der Waals surface area contributed by atoms with Crippen LogP contribution in [0.4, 0.5) is 0 Å². The first kappa shape index (κ1) is 29.5. The van der Waals surface area contributed by atoms with Crippen LogP contribution in [0, 0.1) is 0 Å². The van der Waals surface area contributed by atoms with Gasteiger partial charge >= 0.3 is 0 Å². The van der Waals surface area contributed by atoms with E-state index in [4.69, 9.17) is 18.9 Å². The van der Waals surface area contributed by atoms with Gasteiger partial charge in [0.15, 0.2) is 11.5 Å². The van der Waals surface area contributed by atoms with E-state index in [1.54, 1.807) is 62.8 Å². The number of carbonyl (C=O) groups is 1. The third-order valence-electron chi connectivity index (χ3n) is 5.97. The van der Waals surface area contributed by atoms with Crippen LogP contribution < -0.4 is 23.7 Å². The summed E-state index contributed by atoms with van der Waals surface area (Å²) in [5.41, 5.74) is 2.37. The van der Waals surface area contributed by atoms with Gasteiger partial charge in [0, 0.05) is 57.5 Å². The molecule has 1 heterocycles. The van der Waals surface area contributed by atoms with Gasteiger partial charge < -0.3 is 18.9 Å². The van der Waals surface area contributed by atoms with E-state index in [-0.39, 0.29) is 69.5 Å². The largest absolute Gasteiger partial charge is 0.497 e. The van der Waals surface area contributed by atoms with Crippen molar-refractivity contribution in [2.24, 2.45) is 0 Å². The molecule has 10 heteroatoms. The molecule has 1 unspecified atom stereocenters. The zero-order valence-electron chi connectivity index (χ0n) is 21.4. The summed E-state index contributed by atoms with van der Waals surface area (Å²) in [6.45, 7) is 2.14. The second-order valence-corrected chi connectivity index (χ2v) is 10.1. The third-order valence-corrected chi connectivity index (χ3v) is 7.34. The summed E-state index contributed by atoms with van der Waals surface area (Å²) >= 11 is 0. The Hall–Kier alpha value is -2.08. The van der Waals surface area contributed by atoms with Crippen molar-refractivity contribution in [3.63, 3.8) is 0 Å². The van der Waals surface area contributed by atoms with Crippen molar-refractivity contribution in [1.29, 1.82) is 0 Å². The van der Waals surface area contributed by atoms with Crippen molar-refractivity contribution in [1.82, 2.24) is 4.72 Å². The molecular weight excluding hydrogens is 521 g/mol. The number of carbonyl (C=O) groups excluding carboxylic acids is 1. The van der Waals surface area contributed by atoms with E-state index in [0.717, 1.165) is 24.0 Å². The summed E-state index contributed by atoms with van der Waals surface area (Å²) in [6.07, 6.45) is 2.00. The van der Waals surface area contributed by atoms with Gasteiger partial charge in [0.25, 0.3) is 10.0 Å². The third kappa shape index (κ3) is 7.27. The van der Waals surface area contributed by atoms with Gasteiger partial charge in [0.2, 0.25) is 12.7 Å². The number of benzene rings is 3. The molecule has 37 heavy (non-hydrogen) atoms. The van der Waals surface area contributed by atoms with Crippen LogP contribution in [-0.4, -0.2) is 86.7 Å². The summed E-state index contributed by atoms with van der Waals surface area (Å²) in [6, 6.07) is 17.0. The Kier molecular flexibility index (Phi) is 10.5. The summed E-state index contributed by atoms with van der Waals surface area (Å²) in [4.78, 5) is 13.5. The fourth-order valence-corrected chi connectivity index (χ4v) is 5.12. The molecule has 1 radical (unpaired) electrons. The molecule has 191 valence electrons. The van der Waals surface area contributed by atoms with E-state index in [0.29, 0.717) is 28.6 Å². The Morgan fingerprint density at radius 1 is 0.919 bits per heavy atom. The smallest absolute Gasteiger partial charge is 0.264 e. The molecule has 4 rings (SSSR count). The first-order chi connectivity index (χ1) is 17.3. The number of hydrogen-bond acceptors (Lipinski definition) is 7. The molecule has 0 aromatic heterocycles. The van der Waals surface area contributed by atoms with E-state index < -0.39 is 21.8 Å². The van der Waals surface area contributed by atoms with E-state index in [2.05, 4.69) is 11.6 Å². The van der Waals surface area contributed by atoms with Crippen LogP contribution in [0.2, 0.25) is 0 Å². The number of aryl methyl sites for hydroxylation is 1. The summed E-state index contributed by atoms with van der Waals surface area (Å²) in [5.74, 6) is 0.699. The Morgan fingerprint density at radius 2 is 1.57 bits per heavy atom. The minimum Gasteiger partial charge on any atom is -0.497 e. The van der Waals surface area contributed by atoms with Crippen molar-refractivity contribution in [2.75, 3.05) is 21.0 Å². The van der Waals surface area contributed by atoms with E-state index in [1.165, 1.54) is 12.1 Å². The van der Waals surface area contributed by atoms with Crippen LogP contribution in [0.3, 0.4) is 0 Å². The monoisotopic (exact) mass is 550 g/mol. The molecule has 3 aromatic carbocycles. The number of nitrogens with one attached hydrogen (secondary N) is 1. The van der Waals surface area contributed by atoms with Crippen molar-refractivity contribution in [2.45, 2.75) is 37.0 Å². The van der Waals surface area contributed by atoms with Crippen LogP contribution in [0.5, 0.6) is 23.0 Å². The summed E-state index contributed by atoms with van der Waals surface area (Å²) in [7, 11) is -0.997. The zero-order valence-corrected chi connectivity index (χ0v) is 25.4. The van der Waals surface area contributed by atoms with Gasteiger partial charge in [-0.25, -0.2) is 13.1 Å². The SMILES string of the molecule is CCCc1ccc(S(=O)(=O)NC(=O)C(Cc2cc(OC)cc(OC)c2)c2ccc3c(c2)OCO3)cc1.[K]. The molecule has 0 fully saturated rings. The van der Waals surface area contributed by atoms with Crippen LogP contribution in [0.15, 0.2) is 65.6 Å². The standard InChI is InChI=1S/C27H29NO7S.K/c1-4-5-18-6-9-23(10-7-18)36(30,31)28-27(29)24(20-8-11-25-26(15-20)35-17-34-25)14-19-12-21(32-2)16-22(13-19)33-3;/h6-13,15-16,24H,4-5,14,17H2,1-3H3,(H,28,29);. The van der Waals surface area contributed by atoms with Crippen LogP contribution >= 0.6 is 0 Å². The Labute approximate surface area is 260 Å². The zero-order chi connectivity index (χ0) is 25.7. The van der Waals surface area contributed by atoms with Crippen LogP contribution in [0.1, 0.15) is 36.0 Å². The Bertz CT molecular complexity index is 1320. The maximum Gasteiger partial charge on any atom is 0.264 e. The molecule has 0 aliphatic carbocycles. The molecule has 1 aliphatic rings. The predicted molar refractivity (Wildman–Crippen MR) is 140 cm³/mol. The maximum atomic E-state index is 13.5. The minimum atomic E-state index is -4.08. The molecule has 0 saturated carbocycles. The van der Waals surface area contributed by atoms with Crippen molar-refractivity contribution < 1.29 is 32.2 Å². The molecule has 1 amide bonds. The average molecular weight is 551 g/mol. The van der Waals surface area contributed by atoms with Crippen LogP contribution in [-0.2, 0) is 27.7 Å². The van der Waals surface area contributed by atoms with Gasteiger partial charge in [0.1, 0.15) is 11.5 Å². The normalized spacial score (nSPS) is 12.8. The number of fused-ring (bicyclic) bond motifs is 1. The molecule has 3 aromatic rings. The first-order valence-electron chi connectivity index (χ1n) is 11.6. The number of hydrogen-bond donors (Lipinski definition) is 1. The van der Waals surface area contributed by atoms with Gasteiger partial charge in [-0.1, -0.05) is 31.5 Å². The van der Waals surface area contributed by atoms with Crippen molar-refractivity contribution in [3.8, 4) is 23.0 Å². The van der Waals surface area contributed by atoms with Gasteiger partial charge in [0.05, 0.1) is 25.0 Å². The van der Waals surface area contributed by atoms with E-state index in [9.17, 15) is 13.2 Å². The molecular formula is C27H29KNO7S. The molecule has 0 spiro atoms. The summed E-state index contributed by atoms with van der Waals surface area (Å²) < 4.78 is 50.0. The molecule has 8 nitrogen and oxygen atoms in total. The Morgan fingerprint density at radius 3 is 2.19 bits per heavy atom. The van der Waals surface area contributed by atoms with Gasteiger partial charge in [-0.3, -0.25) is 4.79 Å². The first-order valence-corrected chi connectivity index (χ1v) is 13.1. The quantitative estimate of drug-likeness (QED) is 0.383. The number of sulfonamides is 1. The number of amides is 1. The number of rotatable bonds is 10. The topological polar surface area (TPSA) is 100 Å². The molecule has 0 saturated heterocycles. The van der Waals surface area contributed by atoms with Crippen LogP contribution in [0.25, 0.3) is 0 Å². The molecule has 1 aliphatic heterocycles. The maximum absolute atomic E-state index is 13.5. The second kappa shape index (κ2) is 13.1. The fourth-order valence-electron chi connectivity index (χ4n) is 4.10. The van der Waals surface area contributed by atoms with Crippen molar-refractivity contribution >= 4 is 67.3 Å². The minimum absolute atomic E-state index is 0. The van der Waals surface area contributed by atoms with Gasteiger partial charge in [-0.15, -0.1) is 0 Å². The fraction of sp³-hybridized carbons (Fsp3) is 0.296. The number of ether oxygens (including phenoxy) is 4. The Balaban J connectivity index is 0.00000380. The van der Waals surface area contributed by atoms with E-state index >= 15 is 0 Å². The summed E-state index contributed by atoms with van der Waals surface area (Å²) in [5, 5.41) is 0. The molecule has 1 atom stereocenters. The second-order valence-electron chi connectivity index (χ2n) is 8.45.